The van der Waals surface area contributed by atoms with E-state index in [4.69, 9.17) is 21.1 Å². The number of rotatable bonds is 7. The van der Waals surface area contributed by atoms with Crippen LogP contribution in [0.15, 0.2) is 75.4 Å². The van der Waals surface area contributed by atoms with Crippen LogP contribution in [-0.4, -0.2) is 43.2 Å². The van der Waals surface area contributed by atoms with Gasteiger partial charge in [-0.25, -0.2) is 23.9 Å². The Morgan fingerprint density at radius 3 is 2.75 bits per heavy atom. The van der Waals surface area contributed by atoms with E-state index in [2.05, 4.69) is 19.9 Å². The average molecular weight is 511 g/mol. The van der Waals surface area contributed by atoms with E-state index in [1.807, 2.05) is 6.08 Å². The normalized spacial score (nSPS) is 15.5. The second kappa shape index (κ2) is 11.0. The summed E-state index contributed by atoms with van der Waals surface area (Å²) in [5.74, 6) is 0.407. The molecule has 1 unspecified atom stereocenters. The second-order valence-corrected chi connectivity index (χ2v) is 8.17. The van der Waals surface area contributed by atoms with Crippen LogP contribution in [0.25, 0.3) is 0 Å². The number of esters is 1. The Labute approximate surface area is 210 Å². The highest BCUT2D eigenvalue weighted by Crippen LogP contribution is 2.19. The Bertz CT molecular complexity index is 1520. The first-order chi connectivity index (χ1) is 17.4. The summed E-state index contributed by atoms with van der Waals surface area (Å²) in [6, 6.07) is 4.56. The number of pyridine rings is 2. The number of methoxy groups -OCH3 is 1. The van der Waals surface area contributed by atoms with Crippen LogP contribution in [0.4, 0.5) is 0 Å². The highest BCUT2D eigenvalue weighted by molar-refractivity contribution is 6.30. The van der Waals surface area contributed by atoms with Crippen molar-refractivity contribution in [1.29, 1.82) is 0 Å². The zero-order valence-electron chi connectivity index (χ0n) is 19.6. The van der Waals surface area contributed by atoms with E-state index in [-0.39, 0.29) is 30.3 Å². The topological polar surface area (TPSA) is 133 Å². The number of halogens is 1. The smallest absolute Gasteiger partial charge is 0.339 e. The molecule has 0 saturated carbocycles. The number of ether oxygens (including phenoxy) is 2. The van der Waals surface area contributed by atoms with E-state index < -0.39 is 17.3 Å². The molecule has 0 fully saturated rings. The average Bonchev–Trinajstić information content (AvgIpc) is 2.88. The van der Waals surface area contributed by atoms with Gasteiger partial charge in [-0.3, -0.25) is 19.5 Å². The molecule has 1 aliphatic rings. The maximum Gasteiger partial charge on any atom is 0.339 e. The summed E-state index contributed by atoms with van der Waals surface area (Å²) in [6.07, 6.45) is 10.1. The number of aromatic nitrogens is 5. The van der Waals surface area contributed by atoms with Gasteiger partial charge in [0.1, 0.15) is 11.5 Å². The highest BCUT2D eigenvalue weighted by Gasteiger charge is 2.14. The Morgan fingerprint density at radius 1 is 1.25 bits per heavy atom. The van der Waals surface area contributed by atoms with Crippen molar-refractivity contribution in [3.8, 4) is 5.75 Å². The lowest BCUT2D eigenvalue weighted by Crippen LogP contribution is -2.50. The third kappa shape index (κ3) is 5.69. The van der Waals surface area contributed by atoms with Gasteiger partial charge in [-0.1, -0.05) is 17.7 Å². The van der Waals surface area contributed by atoms with Crippen LogP contribution in [0, 0.1) is 0 Å². The summed E-state index contributed by atoms with van der Waals surface area (Å²) in [4.78, 5) is 52.7. The van der Waals surface area contributed by atoms with Crippen LogP contribution < -0.4 is 21.7 Å². The standard InChI is InChI=1S/C24H23ClN6O5/c1-3-30-23(33)29-22(31(24(30)34)14-18-5-4-16(25)12-27-18)28-17-6-8-19(9-7-17)36-20-10-15(11-26-13-20)21(32)35-2/h4-6,8-13,17H,3,7,14H2,1-2H3,(H,28,29,33). The summed E-state index contributed by atoms with van der Waals surface area (Å²) in [6.45, 7) is 2.03. The third-order valence-electron chi connectivity index (χ3n) is 5.31. The van der Waals surface area contributed by atoms with Gasteiger partial charge in [0.05, 0.1) is 42.2 Å². The number of aromatic amines is 1. The van der Waals surface area contributed by atoms with Crippen LogP contribution in [0.1, 0.15) is 29.4 Å². The Balaban J connectivity index is 1.59. The van der Waals surface area contributed by atoms with Gasteiger partial charge in [0, 0.05) is 18.9 Å². The van der Waals surface area contributed by atoms with Gasteiger partial charge in [0.2, 0.25) is 5.62 Å². The lowest BCUT2D eigenvalue weighted by molar-refractivity contribution is 0.0600. The largest absolute Gasteiger partial charge is 0.465 e. The van der Waals surface area contributed by atoms with Crippen LogP contribution in [0.2, 0.25) is 5.02 Å². The fourth-order valence-electron chi connectivity index (χ4n) is 3.50. The van der Waals surface area contributed by atoms with Crippen LogP contribution in [0.5, 0.6) is 5.75 Å². The first-order valence-electron chi connectivity index (χ1n) is 11.1. The number of carbonyl (C=O) groups is 1. The predicted molar refractivity (Wildman–Crippen MR) is 131 cm³/mol. The van der Waals surface area contributed by atoms with Crippen LogP contribution in [-0.2, 0) is 17.8 Å². The number of H-pyrrole nitrogens is 1. The molecule has 1 N–H and O–H groups in total. The first kappa shape index (κ1) is 24.9. The lowest BCUT2D eigenvalue weighted by atomic mass is 10.1. The Hall–Kier alpha value is -4.25. The maximum absolute atomic E-state index is 13.0. The predicted octanol–water partition coefficient (Wildman–Crippen LogP) is 1.83. The zero-order chi connectivity index (χ0) is 25.7. The Morgan fingerprint density at radius 2 is 2.08 bits per heavy atom. The molecule has 3 aromatic rings. The fraction of sp³-hybridized carbons (Fsp3) is 0.250. The van der Waals surface area contributed by atoms with E-state index in [9.17, 15) is 14.4 Å². The molecular formula is C24H23ClN6O5. The van der Waals surface area contributed by atoms with Gasteiger partial charge in [0.25, 0.3) is 0 Å². The van der Waals surface area contributed by atoms with E-state index >= 15 is 0 Å². The number of carbonyl (C=O) groups excluding carboxylic acids is 1. The van der Waals surface area contributed by atoms with Crippen molar-refractivity contribution >= 4 is 17.6 Å². The summed E-state index contributed by atoms with van der Waals surface area (Å²) in [7, 11) is 1.29. The maximum atomic E-state index is 13.0. The van der Waals surface area contributed by atoms with Gasteiger partial charge in [-0.2, -0.15) is 0 Å². The molecule has 12 heteroatoms. The number of allylic oxidation sites excluding steroid dienone is 1. The highest BCUT2D eigenvalue weighted by atomic mass is 35.5. The minimum absolute atomic E-state index is 0.107. The third-order valence-corrected chi connectivity index (χ3v) is 5.53. The van der Waals surface area contributed by atoms with Crippen molar-refractivity contribution < 1.29 is 14.3 Å². The van der Waals surface area contributed by atoms with Crippen molar-refractivity contribution in [1.82, 2.24) is 24.1 Å². The number of hydrogen-bond acceptors (Lipinski definition) is 8. The molecule has 1 atom stereocenters. The summed E-state index contributed by atoms with van der Waals surface area (Å²) >= 11 is 5.92. The van der Waals surface area contributed by atoms with Crippen LogP contribution >= 0.6 is 11.6 Å². The molecule has 3 heterocycles. The molecule has 0 radical (unpaired) electrons. The summed E-state index contributed by atoms with van der Waals surface area (Å²) in [5.41, 5.74) is -0.0409. The molecule has 0 aromatic carbocycles. The van der Waals surface area contributed by atoms with E-state index in [1.54, 1.807) is 31.2 Å². The fourth-order valence-corrected chi connectivity index (χ4v) is 3.61. The summed E-state index contributed by atoms with van der Waals surface area (Å²) < 4.78 is 13.0. The minimum Gasteiger partial charge on any atom is -0.465 e. The number of hydrogen-bond donors (Lipinski definition) is 1. The molecule has 0 aliphatic heterocycles. The van der Waals surface area contributed by atoms with Crippen molar-refractivity contribution in [2.45, 2.75) is 32.5 Å². The van der Waals surface area contributed by atoms with Crippen LogP contribution in [0.3, 0.4) is 0 Å². The first-order valence-corrected chi connectivity index (χ1v) is 11.4. The van der Waals surface area contributed by atoms with Crippen molar-refractivity contribution in [3.63, 3.8) is 0 Å². The minimum atomic E-state index is -0.543. The second-order valence-electron chi connectivity index (χ2n) is 7.74. The van der Waals surface area contributed by atoms with Crippen molar-refractivity contribution in [2.75, 3.05) is 7.11 Å². The zero-order valence-corrected chi connectivity index (χ0v) is 20.3. The van der Waals surface area contributed by atoms with E-state index in [0.29, 0.717) is 28.6 Å². The number of nitrogens with one attached hydrogen (secondary N) is 1. The lowest BCUT2D eigenvalue weighted by Gasteiger charge is -2.15. The molecule has 0 bridgehead atoms. The molecule has 0 amide bonds. The van der Waals surface area contributed by atoms with Gasteiger partial charge in [-0.15, -0.1) is 0 Å². The van der Waals surface area contributed by atoms with Gasteiger partial charge in [0.15, 0.2) is 0 Å². The molecule has 0 saturated heterocycles. The molecular weight excluding hydrogens is 488 g/mol. The molecule has 1 aliphatic carbocycles. The molecule has 11 nitrogen and oxygen atoms in total. The summed E-state index contributed by atoms with van der Waals surface area (Å²) in [5, 5.41) is 0.478. The molecule has 4 rings (SSSR count). The monoisotopic (exact) mass is 510 g/mol. The van der Waals surface area contributed by atoms with Crippen molar-refractivity contribution in [2.24, 2.45) is 4.99 Å². The molecule has 3 aromatic heterocycles. The van der Waals surface area contributed by atoms with Gasteiger partial charge in [-0.05, 0) is 43.7 Å². The molecule has 36 heavy (non-hydrogen) atoms. The number of nitrogens with zero attached hydrogens (tertiary/aromatic N) is 5. The van der Waals surface area contributed by atoms with E-state index in [0.717, 1.165) is 4.57 Å². The van der Waals surface area contributed by atoms with Gasteiger partial charge >= 0.3 is 17.3 Å². The quantitative estimate of drug-likeness (QED) is 0.479. The van der Waals surface area contributed by atoms with E-state index in [1.165, 1.54) is 36.3 Å². The molecule has 0 spiro atoms. The molecule has 186 valence electrons. The van der Waals surface area contributed by atoms with Crippen molar-refractivity contribution in [3.05, 3.63) is 104 Å². The SMILES string of the molecule is CCn1c(=O)[nH]/c(=N\C2C=CC(Oc3cncc(C(=O)OC)c3)=CC2)n(Cc2ccc(Cl)cn2)c1=O. The Kier molecular flexibility index (Phi) is 7.59. The van der Waals surface area contributed by atoms with Gasteiger partial charge < -0.3 is 9.47 Å².